The molecule has 2 aliphatic rings. The van der Waals surface area contributed by atoms with Crippen molar-refractivity contribution in [1.82, 2.24) is 0 Å². The molecule has 5 nitrogen and oxygen atoms in total. The minimum Gasteiger partial charge on any atom is -0.421 e. The molecule has 1 atom stereocenters. The molecule has 0 spiro atoms. The third-order valence-corrected chi connectivity index (χ3v) is 1.59. The van der Waals surface area contributed by atoms with Crippen LogP contribution < -0.4 is 0 Å². The normalized spacial score (nSPS) is 43.5. The topological polar surface area (TPSA) is 72.8 Å². The number of esters is 2. The molecule has 0 aromatic carbocycles. The predicted octanol–water partition coefficient (Wildman–Crippen LogP) is -1.60. The Morgan fingerprint density at radius 2 is 1.70 bits per heavy atom. The molecule has 2 rings (SSSR count). The van der Waals surface area contributed by atoms with Crippen molar-refractivity contribution in [2.75, 3.05) is 0 Å². The summed E-state index contributed by atoms with van der Waals surface area (Å²) >= 11 is 0. The fraction of sp³-hybridized carbons (Fsp3) is 0.600. The van der Waals surface area contributed by atoms with Crippen LogP contribution in [0.3, 0.4) is 0 Å². The van der Waals surface area contributed by atoms with E-state index in [1.165, 1.54) is 0 Å². The van der Waals surface area contributed by atoms with Crippen molar-refractivity contribution >= 4 is 11.9 Å². The molecule has 2 aliphatic heterocycles. The van der Waals surface area contributed by atoms with E-state index in [0.717, 1.165) is 0 Å². The van der Waals surface area contributed by atoms with Crippen LogP contribution in [0.2, 0.25) is 0 Å². The van der Waals surface area contributed by atoms with Gasteiger partial charge in [0.25, 0.3) is 6.29 Å². The summed E-state index contributed by atoms with van der Waals surface area (Å²) < 4.78 is 8.82. The first-order valence-electron chi connectivity index (χ1n) is 2.79. The summed E-state index contributed by atoms with van der Waals surface area (Å²) in [7, 11) is 0. The molecule has 2 fully saturated rings. The lowest BCUT2D eigenvalue weighted by molar-refractivity contribution is -0.188. The van der Waals surface area contributed by atoms with Crippen molar-refractivity contribution in [3.05, 3.63) is 0 Å². The minimum atomic E-state index is -1.10. The first-order valence-corrected chi connectivity index (χ1v) is 2.79. The van der Waals surface area contributed by atoms with Crippen LogP contribution in [0.5, 0.6) is 0 Å². The van der Waals surface area contributed by atoms with Gasteiger partial charge in [0.15, 0.2) is 12.0 Å². The van der Waals surface area contributed by atoms with Gasteiger partial charge in [0, 0.05) is 0 Å². The largest absolute Gasteiger partial charge is 0.421 e. The van der Waals surface area contributed by atoms with E-state index in [0.29, 0.717) is 0 Å². The fourth-order valence-electron chi connectivity index (χ4n) is 1.07. The average molecular weight is 144 g/mol. The van der Waals surface area contributed by atoms with Crippen LogP contribution in [0.25, 0.3) is 0 Å². The van der Waals surface area contributed by atoms with E-state index in [1.54, 1.807) is 0 Å². The van der Waals surface area contributed by atoms with Crippen LogP contribution in [0.4, 0.5) is 0 Å². The number of rotatable bonds is 0. The third-order valence-electron chi connectivity index (χ3n) is 1.59. The molecule has 0 aliphatic carbocycles. The Hall–Kier alpha value is -1.10. The molecule has 0 aromatic rings. The van der Waals surface area contributed by atoms with Gasteiger partial charge in [-0.05, 0) is 0 Å². The van der Waals surface area contributed by atoms with Crippen molar-refractivity contribution in [2.45, 2.75) is 12.4 Å². The van der Waals surface area contributed by atoms with Crippen LogP contribution >= 0.6 is 0 Å². The number of ether oxygens (including phenoxy) is 2. The number of hydrogen-bond acceptors (Lipinski definition) is 5. The first kappa shape index (κ1) is 5.67. The summed E-state index contributed by atoms with van der Waals surface area (Å²) in [5.41, 5.74) is 0. The maximum Gasteiger partial charge on any atom is 0.326 e. The number of hydrogen-bond donors (Lipinski definition) is 1. The Labute approximate surface area is 55.5 Å². The van der Waals surface area contributed by atoms with Crippen molar-refractivity contribution < 1.29 is 24.2 Å². The molecule has 0 amide bonds. The summed E-state index contributed by atoms with van der Waals surface area (Å²) in [6, 6.07) is 0. The molecule has 0 aromatic heterocycles. The maximum absolute atomic E-state index is 10.6. The highest BCUT2D eigenvalue weighted by molar-refractivity contribution is 5.99. The highest BCUT2D eigenvalue weighted by Crippen LogP contribution is 2.31. The Bertz CT molecular complexity index is 192. The Morgan fingerprint density at radius 3 is 1.90 bits per heavy atom. The highest BCUT2D eigenvalue weighted by Gasteiger charge is 2.57. The predicted molar refractivity (Wildman–Crippen MR) is 25.5 cm³/mol. The van der Waals surface area contributed by atoms with Gasteiger partial charge < -0.3 is 14.6 Å². The lowest BCUT2D eigenvalue weighted by Gasteiger charge is -2.08. The number of carbonyl (C=O) groups excluding carboxylic acids is 2. The Morgan fingerprint density at radius 1 is 1.20 bits per heavy atom. The van der Waals surface area contributed by atoms with E-state index in [1.807, 2.05) is 0 Å². The molecule has 2 saturated heterocycles. The van der Waals surface area contributed by atoms with Crippen molar-refractivity contribution in [3.8, 4) is 0 Å². The number of fused-ring (bicyclic) bond motifs is 2. The van der Waals surface area contributed by atoms with Gasteiger partial charge in [-0.1, -0.05) is 0 Å². The van der Waals surface area contributed by atoms with Gasteiger partial charge in [0.1, 0.15) is 0 Å². The van der Waals surface area contributed by atoms with Crippen LogP contribution in [0.15, 0.2) is 0 Å². The summed E-state index contributed by atoms with van der Waals surface area (Å²) in [6.07, 6.45) is -2.15. The standard InChI is InChI=1S/C5H4O5/c6-2-1-3(7)9-5(2)10-4(1)8/h1-2,5-6H/t1?,2-,5?/m1/s1. The first-order chi connectivity index (χ1) is 4.70. The molecule has 10 heavy (non-hydrogen) atoms. The molecule has 2 heterocycles. The average Bonchev–Trinajstić information content (AvgIpc) is 2.20. The van der Waals surface area contributed by atoms with Gasteiger partial charge in [-0.3, -0.25) is 9.59 Å². The van der Waals surface area contributed by atoms with Gasteiger partial charge in [-0.25, -0.2) is 0 Å². The summed E-state index contributed by atoms with van der Waals surface area (Å²) in [4.78, 5) is 21.1. The molecule has 54 valence electrons. The fourth-order valence-corrected chi connectivity index (χ4v) is 1.07. The highest BCUT2D eigenvalue weighted by atomic mass is 16.7. The van der Waals surface area contributed by atoms with E-state index in [4.69, 9.17) is 5.11 Å². The second kappa shape index (κ2) is 1.49. The smallest absolute Gasteiger partial charge is 0.326 e. The van der Waals surface area contributed by atoms with E-state index in [-0.39, 0.29) is 0 Å². The number of aliphatic hydroxyl groups is 1. The molecular formula is C5H4O5. The van der Waals surface area contributed by atoms with Crippen LogP contribution in [-0.2, 0) is 19.1 Å². The Kier molecular flexibility index (Phi) is 0.843. The van der Waals surface area contributed by atoms with Crippen molar-refractivity contribution in [1.29, 1.82) is 0 Å². The van der Waals surface area contributed by atoms with Gasteiger partial charge in [0.05, 0.1) is 0 Å². The summed E-state index contributed by atoms with van der Waals surface area (Å²) in [5, 5.41) is 8.98. The van der Waals surface area contributed by atoms with E-state index >= 15 is 0 Å². The second-order valence-electron chi connectivity index (χ2n) is 2.21. The SMILES string of the molecule is O=C1OC2OC(=O)C1[C@H]2O. The summed E-state index contributed by atoms with van der Waals surface area (Å²) in [6.45, 7) is 0. The zero-order chi connectivity index (χ0) is 7.30. The zero-order valence-corrected chi connectivity index (χ0v) is 4.81. The van der Waals surface area contributed by atoms with Gasteiger partial charge in [0.2, 0.25) is 0 Å². The van der Waals surface area contributed by atoms with Gasteiger partial charge in [-0.15, -0.1) is 0 Å². The molecule has 1 N–H and O–H groups in total. The molecule has 2 bridgehead atoms. The monoisotopic (exact) mass is 144 g/mol. The van der Waals surface area contributed by atoms with Gasteiger partial charge in [-0.2, -0.15) is 0 Å². The molecule has 0 saturated carbocycles. The minimum absolute atomic E-state index is 0.686. The molecule has 5 heteroatoms. The maximum atomic E-state index is 10.6. The van der Waals surface area contributed by atoms with Crippen LogP contribution in [-0.4, -0.2) is 29.4 Å². The second-order valence-corrected chi connectivity index (χ2v) is 2.21. The molecule has 0 radical (unpaired) electrons. The Balaban J connectivity index is 2.35. The van der Waals surface area contributed by atoms with E-state index in [2.05, 4.69) is 9.47 Å². The number of aliphatic hydroxyl groups excluding tert-OH is 1. The van der Waals surface area contributed by atoms with E-state index in [9.17, 15) is 9.59 Å². The third kappa shape index (κ3) is 0.458. The zero-order valence-electron chi connectivity index (χ0n) is 4.81. The van der Waals surface area contributed by atoms with Crippen molar-refractivity contribution in [3.63, 3.8) is 0 Å². The molecule has 0 unspecified atom stereocenters. The van der Waals surface area contributed by atoms with Gasteiger partial charge >= 0.3 is 11.9 Å². The lowest BCUT2D eigenvalue weighted by Crippen LogP contribution is -2.25. The quantitative estimate of drug-likeness (QED) is 0.327. The van der Waals surface area contributed by atoms with Crippen molar-refractivity contribution in [2.24, 2.45) is 5.92 Å². The summed E-state index contributed by atoms with van der Waals surface area (Å²) in [5.74, 6) is -2.47. The lowest BCUT2D eigenvalue weighted by atomic mass is 10.1. The van der Waals surface area contributed by atoms with E-state index < -0.39 is 30.3 Å². The van der Waals surface area contributed by atoms with Crippen LogP contribution in [0, 0.1) is 5.92 Å². The molecular weight excluding hydrogens is 140 g/mol. The van der Waals surface area contributed by atoms with Crippen LogP contribution in [0.1, 0.15) is 0 Å². The number of carbonyl (C=O) groups is 2.